The second-order valence-corrected chi connectivity index (χ2v) is 6.89. The van der Waals surface area contributed by atoms with E-state index in [4.69, 9.17) is 9.47 Å². The number of esters is 1. The average Bonchev–Trinajstić information content (AvgIpc) is 2.75. The van der Waals surface area contributed by atoms with Crippen LogP contribution in [0, 0.1) is 5.82 Å². The first kappa shape index (κ1) is 21.2. The zero-order valence-electron chi connectivity index (χ0n) is 15.5. The lowest BCUT2D eigenvalue weighted by atomic mass is 10.2. The molecule has 0 saturated carbocycles. The summed E-state index contributed by atoms with van der Waals surface area (Å²) in [6.07, 6.45) is 1.43. The largest absolute Gasteiger partial charge is 0.484 e. The summed E-state index contributed by atoms with van der Waals surface area (Å²) in [5, 5.41) is 3.85. The number of benzene rings is 3. The highest BCUT2D eigenvalue weighted by atomic mass is 79.9. The molecule has 0 aromatic heterocycles. The topological polar surface area (TPSA) is 77.0 Å². The maximum absolute atomic E-state index is 13.6. The van der Waals surface area contributed by atoms with Crippen LogP contribution < -0.4 is 14.9 Å². The van der Waals surface area contributed by atoms with E-state index in [0.29, 0.717) is 11.3 Å². The van der Waals surface area contributed by atoms with Crippen LogP contribution >= 0.6 is 15.9 Å². The normalized spacial score (nSPS) is 10.6. The van der Waals surface area contributed by atoms with Crippen molar-refractivity contribution in [2.45, 2.75) is 0 Å². The van der Waals surface area contributed by atoms with Crippen LogP contribution in [0.2, 0.25) is 0 Å². The second-order valence-electron chi connectivity index (χ2n) is 5.97. The fourth-order valence-corrected chi connectivity index (χ4v) is 2.57. The van der Waals surface area contributed by atoms with Crippen molar-refractivity contribution in [2.24, 2.45) is 5.10 Å². The SMILES string of the molecule is O=C(COc1ccc(Br)cc1)N/N=C\c1ccc(OC(=O)c2ccccc2F)cc1. The van der Waals surface area contributed by atoms with Gasteiger partial charge < -0.3 is 9.47 Å². The molecule has 0 unspecified atom stereocenters. The van der Waals surface area contributed by atoms with Gasteiger partial charge in [-0.1, -0.05) is 28.1 Å². The number of nitrogens with zero attached hydrogens (tertiary/aromatic N) is 1. The molecule has 6 nitrogen and oxygen atoms in total. The average molecular weight is 471 g/mol. The molecule has 0 spiro atoms. The maximum atomic E-state index is 13.6. The number of hydrogen-bond donors (Lipinski definition) is 1. The molecule has 3 aromatic carbocycles. The van der Waals surface area contributed by atoms with Gasteiger partial charge in [-0.3, -0.25) is 4.79 Å². The predicted molar refractivity (Wildman–Crippen MR) is 113 cm³/mol. The summed E-state index contributed by atoms with van der Waals surface area (Å²) in [5.74, 6) is -1.02. The smallest absolute Gasteiger partial charge is 0.346 e. The van der Waals surface area contributed by atoms with Gasteiger partial charge in [0.05, 0.1) is 11.8 Å². The van der Waals surface area contributed by atoms with Crippen molar-refractivity contribution in [1.29, 1.82) is 0 Å². The van der Waals surface area contributed by atoms with Crippen LogP contribution in [0.25, 0.3) is 0 Å². The number of halogens is 2. The van der Waals surface area contributed by atoms with E-state index in [-0.39, 0.29) is 17.9 Å². The summed E-state index contributed by atoms with van der Waals surface area (Å²) in [6, 6.07) is 19.0. The molecule has 1 amide bonds. The first-order valence-electron chi connectivity index (χ1n) is 8.78. The Morgan fingerprint density at radius 2 is 1.63 bits per heavy atom. The fourth-order valence-electron chi connectivity index (χ4n) is 2.30. The van der Waals surface area contributed by atoms with Gasteiger partial charge in [0.25, 0.3) is 5.91 Å². The monoisotopic (exact) mass is 470 g/mol. The molecule has 0 aliphatic heterocycles. The molecule has 0 saturated heterocycles. The predicted octanol–water partition coefficient (Wildman–Crippen LogP) is 4.34. The van der Waals surface area contributed by atoms with E-state index in [2.05, 4.69) is 26.5 Å². The van der Waals surface area contributed by atoms with Crippen LogP contribution in [0.15, 0.2) is 82.4 Å². The van der Waals surface area contributed by atoms with E-state index < -0.39 is 17.7 Å². The van der Waals surface area contributed by atoms with Crippen molar-refractivity contribution in [3.8, 4) is 11.5 Å². The van der Waals surface area contributed by atoms with E-state index in [9.17, 15) is 14.0 Å². The zero-order valence-corrected chi connectivity index (χ0v) is 17.1. The molecule has 8 heteroatoms. The molecule has 3 aromatic rings. The van der Waals surface area contributed by atoms with E-state index >= 15 is 0 Å². The summed E-state index contributed by atoms with van der Waals surface area (Å²) < 4.78 is 25.0. The molecule has 0 heterocycles. The van der Waals surface area contributed by atoms with Crippen LogP contribution in [-0.4, -0.2) is 24.7 Å². The minimum atomic E-state index is -0.785. The van der Waals surface area contributed by atoms with Crippen molar-refractivity contribution in [3.63, 3.8) is 0 Å². The minimum Gasteiger partial charge on any atom is -0.484 e. The summed E-state index contributed by atoms with van der Waals surface area (Å²) >= 11 is 3.32. The molecular formula is C22H16BrFN2O4. The first-order chi connectivity index (χ1) is 14.5. The Labute approximate surface area is 180 Å². The third-order valence-electron chi connectivity index (χ3n) is 3.77. The lowest BCUT2D eigenvalue weighted by Crippen LogP contribution is -2.24. The summed E-state index contributed by atoms with van der Waals surface area (Å²) in [7, 11) is 0. The Bertz CT molecular complexity index is 1050. The van der Waals surface area contributed by atoms with Gasteiger partial charge in [-0.05, 0) is 66.2 Å². The minimum absolute atomic E-state index is 0.142. The highest BCUT2D eigenvalue weighted by Crippen LogP contribution is 2.16. The van der Waals surface area contributed by atoms with Crippen molar-refractivity contribution < 1.29 is 23.5 Å². The molecule has 152 valence electrons. The van der Waals surface area contributed by atoms with Crippen molar-refractivity contribution in [2.75, 3.05) is 6.61 Å². The second kappa shape index (κ2) is 10.3. The van der Waals surface area contributed by atoms with Gasteiger partial charge in [0.1, 0.15) is 17.3 Å². The fraction of sp³-hybridized carbons (Fsp3) is 0.0455. The molecule has 30 heavy (non-hydrogen) atoms. The summed E-state index contributed by atoms with van der Waals surface area (Å²) in [4.78, 5) is 23.8. The lowest BCUT2D eigenvalue weighted by molar-refractivity contribution is -0.123. The zero-order chi connectivity index (χ0) is 21.3. The number of hydrogen-bond acceptors (Lipinski definition) is 5. The molecule has 0 radical (unpaired) electrons. The van der Waals surface area contributed by atoms with Gasteiger partial charge in [0.2, 0.25) is 0 Å². The van der Waals surface area contributed by atoms with Crippen molar-refractivity contribution in [1.82, 2.24) is 5.43 Å². The number of hydrazone groups is 1. The van der Waals surface area contributed by atoms with Crippen LogP contribution in [0.3, 0.4) is 0 Å². The molecule has 0 fully saturated rings. The standard InChI is InChI=1S/C22H16BrFN2O4/c23-16-7-11-17(12-8-16)29-14-21(27)26-25-13-15-5-9-18(10-6-15)30-22(28)19-3-1-2-4-20(19)24/h1-13H,14H2,(H,26,27)/b25-13-. The number of nitrogens with one attached hydrogen (secondary N) is 1. The van der Waals surface area contributed by atoms with Gasteiger partial charge in [-0.25, -0.2) is 14.6 Å². The summed E-state index contributed by atoms with van der Waals surface area (Å²) in [6.45, 7) is -0.177. The third kappa shape index (κ3) is 6.25. The number of ether oxygens (including phenoxy) is 2. The molecular weight excluding hydrogens is 455 g/mol. The van der Waals surface area contributed by atoms with Gasteiger partial charge in [0.15, 0.2) is 6.61 Å². The Morgan fingerprint density at radius 3 is 2.33 bits per heavy atom. The van der Waals surface area contributed by atoms with E-state index in [1.165, 1.54) is 24.4 Å². The van der Waals surface area contributed by atoms with Crippen LogP contribution in [0.5, 0.6) is 11.5 Å². The van der Waals surface area contributed by atoms with E-state index in [1.54, 1.807) is 42.5 Å². The van der Waals surface area contributed by atoms with Gasteiger partial charge >= 0.3 is 5.97 Å². The third-order valence-corrected chi connectivity index (χ3v) is 4.30. The van der Waals surface area contributed by atoms with Crippen LogP contribution in [0.4, 0.5) is 4.39 Å². The number of rotatable bonds is 7. The molecule has 0 atom stereocenters. The number of amides is 1. The van der Waals surface area contributed by atoms with Gasteiger partial charge in [-0.15, -0.1) is 0 Å². The van der Waals surface area contributed by atoms with Gasteiger partial charge in [-0.2, -0.15) is 5.10 Å². The Morgan fingerprint density at radius 1 is 0.967 bits per heavy atom. The highest BCUT2D eigenvalue weighted by molar-refractivity contribution is 9.10. The molecule has 0 aliphatic rings. The van der Waals surface area contributed by atoms with Gasteiger partial charge in [0, 0.05) is 4.47 Å². The highest BCUT2D eigenvalue weighted by Gasteiger charge is 2.13. The number of carbonyl (C=O) groups is 2. The Kier molecular flexibility index (Phi) is 7.29. The van der Waals surface area contributed by atoms with E-state index in [1.807, 2.05) is 12.1 Å². The van der Waals surface area contributed by atoms with Crippen molar-refractivity contribution in [3.05, 3.63) is 94.2 Å². The molecule has 0 bridgehead atoms. The molecule has 0 aliphatic carbocycles. The van der Waals surface area contributed by atoms with E-state index in [0.717, 1.165) is 4.47 Å². The first-order valence-corrected chi connectivity index (χ1v) is 9.57. The maximum Gasteiger partial charge on any atom is 0.346 e. The lowest BCUT2D eigenvalue weighted by Gasteiger charge is -2.05. The molecule has 1 N–H and O–H groups in total. The Balaban J connectivity index is 1.47. The van der Waals surface area contributed by atoms with Crippen LogP contribution in [-0.2, 0) is 4.79 Å². The molecule has 3 rings (SSSR count). The Hall–Kier alpha value is -3.52. The number of carbonyl (C=O) groups excluding carboxylic acids is 2. The van der Waals surface area contributed by atoms with Crippen LogP contribution in [0.1, 0.15) is 15.9 Å². The van der Waals surface area contributed by atoms with Crippen molar-refractivity contribution >= 4 is 34.0 Å². The quantitative estimate of drug-likeness (QED) is 0.241. The summed E-state index contributed by atoms with van der Waals surface area (Å²) in [5.41, 5.74) is 2.88.